The van der Waals surface area contributed by atoms with Crippen LogP contribution in [-0.2, 0) is 0 Å². The number of nitrogen functional groups attached to an aromatic ring is 1. The van der Waals surface area contributed by atoms with E-state index in [4.69, 9.17) is 5.73 Å². The number of benzene rings is 1. The van der Waals surface area contributed by atoms with Crippen LogP contribution in [-0.4, -0.2) is 11.9 Å². The fourth-order valence-electron chi connectivity index (χ4n) is 2.53. The van der Waals surface area contributed by atoms with Crippen LogP contribution in [0.4, 0.5) is 5.69 Å². The van der Waals surface area contributed by atoms with Crippen LogP contribution < -0.4 is 11.1 Å². The third-order valence-electron chi connectivity index (χ3n) is 3.61. The van der Waals surface area contributed by atoms with E-state index in [0.29, 0.717) is 23.2 Å². The molecule has 3 N–H and O–H groups in total. The molecule has 0 bridgehead atoms. The normalized spacial score (nSPS) is 23.7. The Morgan fingerprint density at radius 2 is 2.06 bits per heavy atom. The van der Waals surface area contributed by atoms with Gasteiger partial charge in [-0.15, -0.1) is 0 Å². The van der Waals surface area contributed by atoms with Gasteiger partial charge in [0, 0.05) is 21.8 Å². The van der Waals surface area contributed by atoms with Crippen molar-refractivity contribution in [1.82, 2.24) is 5.32 Å². The molecule has 0 heterocycles. The molecule has 1 saturated carbocycles. The lowest BCUT2D eigenvalue weighted by molar-refractivity contribution is 0.0910. The van der Waals surface area contributed by atoms with Gasteiger partial charge in [-0.1, -0.05) is 35.7 Å². The van der Waals surface area contributed by atoms with E-state index in [1.54, 1.807) is 18.2 Å². The van der Waals surface area contributed by atoms with E-state index >= 15 is 0 Å². The molecule has 0 aliphatic heterocycles. The summed E-state index contributed by atoms with van der Waals surface area (Å²) in [4.78, 5) is 12.2. The van der Waals surface area contributed by atoms with Gasteiger partial charge in [-0.25, -0.2) is 0 Å². The number of anilines is 1. The van der Waals surface area contributed by atoms with Crippen LogP contribution in [0.1, 0.15) is 43.0 Å². The summed E-state index contributed by atoms with van der Waals surface area (Å²) in [5, 5.41) is 3.12. The predicted octanol–water partition coefficient (Wildman–Crippen LogP) is 3.34. The quantitative estimate of drug-likeness (QED) is 0.823. The molecule has 1 amide bonds. The summed E-state index contributed by atoms with van der Waals surface area (Å²) in [5.74, 6) is 0.536. The molecule has 1 aliphatic rings. The molecular formula is C14H19BrN2O. The Kier molecular flexibility index (Phi) is 4.27. The van der Waals surface area contributed by atoms with Crippen molar-refractivity contribution in [2.45, 2.75) is 38.6 Å². The standard InChI is InChI=1S/C14H19BrN2O/c1-9-4-2-3-5-13(9)17-14(18)10-6-11(15)8-12(16)7-10/h6-9,13H,2-5,16H2,1H3,(H,17,18). The molecule has 4 heteroatoms. The van der Waals surface area contributed by atoms with Crippen molar-refractivity contribution in [2.24, 2.45) is 5.92 Å². The average Bonchev–Trinajstić information content (AvgIpc) is 2.31. The largest absolute Gasteiger partial charge is 0.399 e. The molecule has 1 fully saturated rings. The summed E-state index contributed by atoms with van der Waals surface area (Å²) in [7, 11) is 0. The van der Waals surface area contributed by atoms with Gasteiger partial charge in [0.15, 0.2) is 0 Å². The molecular weight excluding hydrogens is 292 g/mol. The number of carbonyl (C=O) groups is 1. The van der Waals surface area contributed by atoms with Gasteiger partial charge < -0.3 is 11.1 Å². The zero-order valence-corrected chi connectivity index (χ0v) is 12.2. The third-order valence-corrected chi connectivity index (χ3v) is 4.07. The minimum Gasteiger partial charge on any atom is -0.399 e. The van der Waals surface area contributed by atoms with E-state index < -0.39 is 0 Å². The first-order valence-electron chi connectivity index (χ1n) is 6.43. The van der Waals surface area contributed by atoms with E-state index in [-0.39, 0.29) is 5.91 Å². The van der Waals surface area contributed by atoms with E-state index in [1.807, 2.05) is 0 Å². The van der Waals surface area contributed by atoms with Crippen molar-refractivity contribution in [3.05, 3.63) is 28.2 Å². The van der Waals surface area contributed by atoms with Gasteiger partial charge in [0.25, 0.3) is 5.91 Å². The summed E-state index contributed by atoms with van der Waals surface area (Å²) >= 11 is 3.36. The second-order valence-corrected chi connectivity index (χ2v) is 6.03. The van der Waals surface area contributed by atoms with E-state index in [9.17, 15) is 4.79 Å². The van der Waals surface area contributed by atoms with Gasteiger partial charge >= 0.3 is 0 Å². The minimum atomic E-state index is -0.0262. The van der Waals surface area contributed by atoms with Crippen LogP contribution in [0.25, 0.3) is 0 Å². The first-order chi connectivity index (χ1) is 8.56. The van der Waals surface area contributed by atoms with Gasteiger partial charge in [0.1, 0.15) is 0 Å². The SMILES string of the molecule is CC1CCCCC1NC(=O)c1cc(N)cc(Br)c1. The number of rotatable bonds is 2. The Balaban J connectivity index is 2.06. The number of nitrogens with two attached hydrogens (primary N) is 1. The van der Waals surface area contributed by atoms with E-state index in [0.717, 1.165) is 10.9 Å². The molecule has 98 valence electrons. The first-order valence-corrected chi connectivity index (χ1v) is 7.22. The van der Waals surface area contributed by atoms with E-state index in [2.05, 4.69) is 28.2 Å². The second-order valence-electron chi connectivity index (χ2n) is 5.11. The highest BCUT2D eigenvalue weighted by Crippen LogP contribution is 2.24. The van der Waals surface area contributed by atoms with Gasteiger partial charge in [-0.2, -0.15) is 0 Å². The molecule has 1 aliphatic carbocycles. The molecule has 2 atom stereocenters. The monoisotopic (exact) mass is 310 g/mol. The lowest BCUT2D eigenvalue weighted by Crippen LogP contribution is -2.41. The predicted molar refractivity (Wildman–Crippen MR) is 77.4 cm³/mol. The highest BCUT2D eigenvalue weighted by Gasteiger charge is 2.23. The minimum absolute atomic E-state index is 0.0262. The molecule has 1 aromatic rings. The Morgan fingerprint density at radius 1 is 1.33 bits per heavy atom. The summed E-state index contributed by atoms with van der Waals surface area (Å²) < 4.78 is 0.837. The van der Waals surface area contributed by atoms with Crippen LogP contribution in [0.2, 0.25) is 0 Å². The summed E-state index contributed by atoms with van der Waals surface area (Å²) in [6.07, 6.45) is 4.76. The maximum atomic E-state index is 12.2. The summed E-state index contributed by atoms with van der Waals surface area (Å²) in [6, 6.07) is 5.61. The zero-order valence-electron chi connectivity index (χ0n) is 10.6. The van der Waals surface area contributed by atoms with Crippen LogP contribution in [0.5, 0.6) is 0 Å². The van der Waals surface area contributed by atoms with Crippen molar-refractivity contribution < 1.29 is 4.79 Å². The smallest absolute Gasteiger partial charge is 0.251 e. The Labute approximate surface area is 116 Å². The number of amides is 1. The van der Waals surface area contributed by atoms with Crippen molar-refractivity contribution in [1.29, 1.82) is 0 Å². The number of nitrogens with one attached hydrogen (secondary N) is 1. The van der Waals surface area contributed by atoms with Gasteiger partial charge in [0.2, 0.25) is 0 Å². The summed E-state index contributed by atoms with van der Waals surface area (Å²) in [5.41, 5.74) is 6.98. The summed E-state index contributed by atoms with van der Waals surface area (Å²) in [6.45, 7) is 2.21. The first kappa shape index (κ1) is 13.4. The van der Waals surface area contributed by atoms with Crippen molar-refractivity contribution >= 4 is 27.5 Å². The molecule has 0 saturated heterocycles. The van der Waals surface area contributed by atoms with Crippen LogP contribution in [0.3, 0.4) is 0 Å². The van der Waals surface area contributed by atoms with Crippen LogP contribution in [0, 0.1) is 5.92 Å². The van der Waals surface area contributed by atoms with Crippen LogP contribution in [0.15, 0.2) is 22.7 Å². The molecule has 0 spiro atoms. The van der Waals surface area contributed by atoms with Gasteiger partial charge in [-0.05, 0) is 37.0 Å². The van der Waals surface area contributed by atoms with Gasteiger partial charge in [0.05, 0.1) is 0 Å². The van der Waals surface area contributed by atoms with Crippen molar-refractivity contribution in [2.75, 3.05) is 5.73 Å². The second kappa shape index (κ2) is 5.74. The maximum absolute atomic E-state index is 12.2. The Hall–Kier alpha value is -1.03. The average molecular weight is 311 g/mol. The Morgan fingerprint density at radius 3 is 2.72 bits per heavy atom. The van der Waals surface area contributed by atoms with Crippen molar-refractivity contribution in [3.63, 3.8) is 0 Å². The Bertz CT molecular complexity index is 427. The molecule has 1 aromatic carbocycles. The highest BCUT2D eigenvalue weighted by molar-refractivity contribution is 9.10. The molecule has 3 nitrogen and oxygen atoms in total. The third kappa shape index (κ3) is 3.25. The van der Waals surface area contributed by atoms with Gasteiger partial charge in [-0.3, -0.25) is 4.79 Å². The molecule has 18 heavy (non-hydrogen) atoms. The van der Waals surface area contributed by atoms with Crippen LogP contribution >= 0.6 is 15.9 Å². The topological polar surface area (TPSA) is 55.1 Å². The fourth-order valence-corrected chi connectivity index (χ4v) is 3.04. The molecule has 0 radical (unpaired) electrons. The number of hydrogen-bond donors (Lipinski definition) is 2. The lowest BCUT2D eigenvalue weighted by atomic mass is 9.86. The maximum Gasteiger partial charge on any atom is 0.251 e. The highest BCUT2D eigenvalue weighted by atomic mass is 79.9. The lowest BCUT2D eigenvalue weighted by Gasteiger charge is -2.29. The molecule has 0 aromatic heterocycles. The van der Waals surface area contributed by atoms with Crippen molar-refractivity contribution in [3.8, 4) is 0 Å². The number of carbonyl (C=O) groups excluding carboxylic acids is 1. The van der Waals surface area contributed by atoms with E-state index in [1.165, 1.54) is 19.3 Å². The zero-order chi connectivity index (χ0) is 13.1. The number of halogens is 1. The number of hydrogen-bond acceptors (Lipinski definition) is 2. The molecule has 2 unspecified atom stereocenters. The molecule has 2 rings (SSSR count). The fraction of sp³-hybridized carbons (Fsp3) is 0.500.